The first-order chi connectivity index (χ1) is 12.2. The van der Waals surface area contributed by atoms with E-state index in [1.807, 2.05) is 0 Å². The van der Waals surface area contributed by atoms with Gasteiger partial charge in [0.1, 0.15) is 17.3 Å². The van der Waals surface area contributed by atoms with Crippen LogP contribution in [0.4, 0.5) is 14.5 Å². The standard InChI is InChI=1S/C19H31F2N5/c1-19(2,13-25(4)5)12-23-18(22-3)24-14-9-10-26(11-14)17-15(20)7-6-8-16(17)21/h6-8,14H,9-13H2,1-5H3,(H2,22,23,24). The van der Waals surface area contributed by atoms with Gasteiger partial charge in [0.2, 0.25) is 0 Å². The summed E-state index contributed by atoms with van der Waals surface area (Å²) in [5.41, 5.74) is 0.158. The average molecular weight is 367 g/mol. The number of aliphatic imine (C=N–C) groups is 1. The van der Waals surface area contributed by atoms with Gasteiger partial charge in [0.25, 0.3) is 0 Å². The number of hydrogen-bond acceptors (Lipinski definition) is 3. The van der Waals surface area contributed by atoms with E-state index in [0.717, 1.165) is 25.5 Å². The van der Waals surface area contributed by atoms with Gasteiger partial charge in [-0.3, -0.25) is 4.99 Å². The van der Waals surface area contributed by atoms with Crippen LogP contribution in [0.3, 0.4) is 0 Å². The van der Waals surface area contributed by atoms with Crippen molar-refractivity contribution in [1.29, 1.82) is 0 Å². The average Bonchev–Trinajstić information content (AvgIpc) is 2.98. The van der Waals surface area contributed by atoms with Crippen LogP contribution in [0.25, 0.3) is 0 Å². The van der Waals surface area contributed by atoms with Gasteiger partial charge in [0, 0.05) is 39.3 Å². The van der Waals surface area contributed by atoms with Crippen LogP contribution < -0.4 is 15.5 Å². The molecule has 0 saturated carbocycles. The van der Waals surface area contributed by atoms with E-state index in [1.54, 1.807) is 11.9 Å². The van der Waals surface area contributed by atoms with Crippen LogP contribution in [0.5, 0.6) is 0 Å². The normalized spacial score (nSPS) is 18.5. The lowest BCUT2D eigenvalue weighted by atomic mass is 9.93. The van der Waals surface area contributed by atoms with E-state index in [9.17, 15) is 8.78 Å². The fourth-order valence-corrected chi connectivity index (χ4v) is 3.50. The smallest absolute Gasteiger partial charge is 0.191 e. The zero-order chi connectivity index (χ0) is 19.3. The van der Waals surface area contributed by atoms with Crippen LogP contribution in [0.2, 0.25) is 0 Å². The lowest BCUT2D eigenvalue weighted by Crippen LogP contribution is -2.48. The minimum Gasteiger partial charge on any atom is -0.365 e. The first kappa shape index (κ1) is 20.4. The van der Waals surface area contributed by atoms with Crippen LogP contribution in [0, 0.1) is 17.0 Å². The number of guanidine groups is 1. The van der Waals surface area contributed by atoms with Crippen molar-refractivity contribution in [3.8, 4) is 0 Å². The van der Waals surface area contributed by atoms with Crippen molar-refractivity contribution in [2.45, 2.75) is 26.3 Å². The Morgan fingerprint density at radius 2 is 1.96 bits per heavy atom. The fraction of sp³-hybridized carbons (Fsp3) is 0.632. The molecule has 0 spiro atoms. The number of hydrogen-bond donors (Lipinski definition) is 2. The molecule has 7 heteroatoms. The number of anilines is 1. The van der Waals surface area contributed by atoms with Gasteiger partial charge in [-0.25, -0.2) is 8.78 Å². The number of nitrogens with zero attached hydrogens (tertiary/aromatic N) is 3. The molecule has 1 aliphatic rings. The third-order valence-corrected chi connectivity index (χ3v) is 4.49. The summed E-state index contributed by atoms with van der Waals surface area (Å²) in [6.07, 6.45) is 0.801. The summed E-state index contributed by atoms with van der Waals surface area (Å²) in [6, 6.07) is 4.08. The molecule has 0 aromatic heterocycles. The van der Waals surface area contributed by atoms with Gasteiger partial charge in [-0.1, -0.05) is 19.9 Å². The summed E-state index contributed by atoms with van der Waals surface area (Å²) in [7, 11) is 5.85. The van der Waals surface area contributed by atoms with Crippen molar-refractivity contribution >= 4 is 11.6 Å². The largest absolute Gasteiger partial charge is 0.365 e. The van der Waals surface area contributed by atoms with Gasteiger partial charge in [-0.2, -0.15) is 0 Å². The molecular formula is C19H31F2N5. The summed E-state index contributed by atoms with van der Waals surface area (Å²) in [6.45, 7) is 7.29. The molecule has 1 aromatic carbocycles. The van der Waals surface area contributed by atoms with Gasteiger partial charge in [0.15, 0.2) is 5.96 Å². The summed E-state index contributed by atoms with van der Waals surface area (Å²) in [5.74, 6) is -0.310. The van der Waals surface area contributed by atoms with E-state index in [2.05, 4.69) is 48.5 Å². The molecule has 0 radical (unpaired) electrons. The lowest BCUT2D eigenvalue weighted by molar-refractivity contribution is 0.241. The van der Waals surface area contributed by atoms with Crippen molar-refractivity contribution in [3.63, 3.8) is 0 Å². The molecule has 26 heavy (non-hydrogen) atoms. The Morgan fingerprint density at radius 1 is 1.31 bits per heavy atom. The molecule has 5 nitrogen and oxygen atoms in total. The monoisotopic (exact) mass is 367 g/mol. The molecule has 1 saturated heterocycles. The zero-order valence-electron chi connectivity index (χ0n) is 16.4. The SMILES string of the molecule is CN=C(NCC(C)(C)CN(C)C)NC1CCN(c2c(F)cccc2F)C1. The summed E-state index contributed by atoms with van der Waals surface area (Å²) < 4.78 is 27.9. The van der Waals surface area contributed by atoms with E-state index in [1.165, 1.54) is 18.2 Å². The molecule has 2 rings (SSSR count). The van der Waals surface area contributed by atoms with Crippen LogP contribution in [0.1, 0.15) is 20.3 Å². The van der Waals surface area contributed by atoms with Gasteiger partial charge in [-0.05, 0) is 38.1 Å². The van der Waals surface area contributed by atoms with Crippen LogP contribution in [-0.4, -0.2) is 64.2 Å². The number of rotatable bonds is 6. The predicted molar refractivity (Wildman–Crippen MR) is 104 cm³/mol. The fourth-order valence-electron chi connectivity index (χ4n) is 3.50. The van der Waals surface area contributed by atoms with E-state index >= 15 is 0 Å². The van der Waals surface area contributed by atoms with Gasteiger partial charge < -0.3 is 20.4 Å². The minimum absolute atomic E-state index is 0.0619. The van der Waals surface area contributed by atoms with Gasteiger partial charge >= 0.3 is 0 Å². The Labute approximate surface area is 155 Å². The van der Waals surface area contributed by atoms with Gasteiger partial charge in [-0.15, -0.1) is 0 Å². The summed E-state index contributed by atoms with van der Waals surface area (Å²) in [5, 5.41) is 6.73. The Bertz CT molecular complexity index is 610. The lowest BCUT2D eigenvalue weighted by Gasteiger charge is -2.29. The van der Waals surface area contributed by atoms with E-state index < -0.39 is 11.6 Å². The first-order valence-corrected chi connectivity index (χ1v) is 9.03. The third kappa shape index (κ3) is 5.56. The molecule has 1 heterocycles. The second-order valence-corrected chi connectivity index (χ2v) is 7.97. The maximum atomic E-state index is 14.0. The maximum absolute atomic E-state index is 14.0. The Kier molecular flexibility index (Phi) is 6.81. The Hall–Kier alpha value is -1.89. The molecule has 0 amide bonds. The topological polar surface area (TPSA) is 42.9 Å². The molecule has 0 aliphatic carbocycles. The molecule has 1 atom stereocenters. The maximum Gasteiger partial charge on any atom is 0.191 e. The quantitative estimate of drug-likeness (QED) is 0.598. The Balaban J connectivity index is 1.90. The highest BCUT2D eigenvalue weighted by Gasteiger charge is 2.27. The van der Waals surface area contributed by atoms with Crippen molar-refractivity contribution < 1.29 is 8.78 Å². The third-order valence-electron chi connectivity index (χ3n) is 4.49. The molecule has 146 valence electrons. The zero-order valence-corrected chi connectivity index (χ0v) is 16.4. The highest BCUT2D eigenvalue weighted by atomic mass is 19.1. The molecule has 1 aromatic rings. The molecule has 2 N–H and O–H groups in total. The van der Waals surface area contributed by atoms with Crippen molar-refractivity contribution in [1.82, 2.24) is 15.5 Å². The highest BCUT2D eigenvalue weighted by molar-refractivity contribution is 5.80. The second-order valence-electron chi connectivity index (χ2n) is 7.97. The molecule has 1 unspecified atom stereocenters. The number of halogens is 2. The molecular weight excluding hydrogens is 336 g/mol. The van der Waals surface area contributed by atoms with Crippen molar-refractivity contribution in [2.24, 2.45) is 10.4 Å². The molecule has 0 bridgehead atoms. The summed E-state index contributed by atoms with van der Waals surface area (Å²) in [4.78, 5) is 8.20. The van der Waals surface area contributed by atoms with Crippen molar-refractivity contribution in [3.05, 3.63) is 29.8 Å². The minimum atomic E-state index is -0.515. The van der Waals surface area contributed by atoms with Crippen LogP contribution >= 0.6 is 0 Å². The number of nitrogens with one attached hydrogen (secondary N) is 2. The Morgan fingerprint density at radius 3 is 2.54 bits per heavy atom. The van der Waals surface area contributed by atoms with Crippen LogP contribution in [-0.2, 0) is 0 Å². The van der Waals surface area contributed by atoms with Gasteiger partial charge in [0.05, 0.1) is 0 Å². The molecule has 1 fully saturated rings. The number of para-hydroxylation sites is 1. The van der Waals surface area contributed by atoms with Crippen LogP contribution in [0.15, 0.2) is 23.2 Å². The molecule has 1 aliphatic heterocycles. The first-order valence-electron chi connectivity index (χ1n) is 9.03. The van der Waals surface area contributed by atoms with Crippen molar-refractivity contribution in [2.75, 3.05) is 52.2 Å². The van der Waals surface area contributed by atoms with E-state index in [-0.39, 0.29) is 17.1 Å². The van der Waals surface area contributed by atoms with E-state index in [4.69, 9.17) is 0 Å². The number of benzene rings is 1. The predicted octanol–water partition coefficient (Wildman–Crippen LogP) is 2.30. The second kappa shape index (κ2) is 8.66. The summed E-state index contributed by atoms with van der Waals surface area (Å²) >= 11 is 0. The van der Waals surface area contributed by atoms with E-state index in [0.29, 0.717) is 13.1 Å². The highest BCUT2D eigenvalue weighted by Crippen LogP contribution is 2.26.